The van der Waals surface area contributed by atoms with Crippen molar-refractivity contribution in [1.29, 1.82) is 0 Å². The first-order valence-electron chi connectivity index (χ1n) is 8.98. The highest BCUT2D eigenvalue weighted by Crippen LogP contribution is 2.38. The van der Waals surface area contributed by atoms with Crippen LogP contribution in [0.4, 0.5) is 0 Å². The van der Waals surface area contributed by atoms with Gasteiger partial charge < -0.3 is 14.4 Å². The predicted octanol–water partition coefficient (Wildman–Crippen LogP) is 5.20. The van der Waals surface area contributed by atoms with Gasteiger partial charge in [-0.1, -0.05) is 17.7 Å². The van der Waals surface area contributed by atoms with Gasteiger partial charge in [-0.3, -0.25) is 4.79 Å². The quantitative estimate of drug-likeness (QED) is 0.619. The summed E-state index contributed by atoms with van der Waals surface area (Å²) < 4.78 is 10.7. The second kappa shape index (κ2) is 8.89. The molecule has 2 atom stereocenters. The molecule has 144 valence electrons. The largest absolute Gasteiger partial charge is 0.493 e. The molecule has 27 heavy (non-hydrogen) atoms. The van der Waals surface area contributed by atoms with E-state index in [1.54, 1.807) is 26.0 Å². The van der Waals surface area contributed by atoms with E-state index < -0.39 is 0 Å². The first-order chi connectivity index (χ1) is 13.0. The Morgan fingerprint density at radius 3 is 2.52 bits per heavy atom. The highest BCUT2D eigenvalue weighted by atomic mass is 35.5. The molecular formula is C21H24ClNO3S. The Morgan fingerprint density at radius 1 is 1.15 bits per heavy atom. The van der Waals surface area contributed by atoms with Crippen LogP contribution < -0.4 is 9.47 Å². The minimum atomic E-state index is -0.160. The number of hydrogen-bond donors (Lipinski definition) is 0. The summed E-state index contributed by atoms with van der Waals surface area (Å²) in [5.74, 6) is 1.55. The molecule has 1 aliphatic rings. The van der Waals surface area contributed by atoms with Gasteiger partial charge in [-0.25, -0.2) is 0 Å². The SMILES string of the molecule is COc1ccc([C@H]2CCCN2C(=O)[C@@H](C)Sc2ccc(Cl)cc2)cc1OC. The Labute approximate surface area is 169 Å². The fourth-order valence-corrected chi connectivity index (χ4v) is 4.50. The molecule has 4 nitrogen and oxygen atoms in total. The van der Waals surface area contributed by atoms with Crippen molar-refractivity contribution in [3.63, 3.8) is 0 Å². The van der Waals surface area contributed by atoms with Crippen LogP contribution in [0.15, 0.2) is 47.4 Å². The molecule has 0 radical (unpaired) electrons. The van der Waals surface area contributed by atoms with Crippen molar-refractivity contribution in [3.8, 4) is 11.5 Å². The molecule has 2 aromatic carbocycles. The molecule has 1 aliphatic heterocycles. The van der Waals surface area contributed by atoms with Crippen molar-refractivity contribution in [1.82, 2.24) is 4.90 Å². The maximum Gasteiger partial charge on any atom is 0.236 e. The van der Waals surface area contributed by atoms with Crippen molar-refractivity contribution in [2.24, 2.45) is 0 Å². The maximum absolute atomic E-state index is 13.1. The van der Waals surface area contributed by atoms with Crippen molar-refractivity contribution < 1.29 is 14.3 Å². The molecule has 3 rings (SSSR count). The number of benzene rings is 2. The summed E-state index contributed by atoms with van der Waals surface area (Å²) in [6, 6.07) is 13.6. The van der Waals surface area contributed by atoms with Gasteiger partial charge in [-0.05, 0) is 61.7 Å². The lowest BCUT2D eigenvalue weighted by atomic mass is 10.0. The van der Waals surface area contributed by atoms with E-state index in [0.29, 0.717) is 16.5 Å². The highest BCUT2D eigenvalue weighted by Gasteiger charge is 2.33. The predicted molar refractivity (Wildman–Crippen MR) is 110 cm³/mol. The fraction of sp³-hybridized carbons (Fsp3) is 0.381. The summed E-state index contributed by atoms with van der Waals surface area (Å²) in [5, 5.41) is 0.540. The van der Waals surface area contributed by atoms with Crippen molar-refractivity contribution in [2.75, 3.05) is 20.8 Å². The van der Waals surface area contributed by atoms with Crippen LogP contribution in [0.2, 0.25) is 5.02 Å². The van der Waals surface area contributed by atoms with E-state index in [9.17, 15) is 4.79 Å². The number of likely N-dealkylation sites (tertiary alicyclic amines) is 1. The molecular weight excluding hydrogens is 382 g/mol. The van der Waals surface area contributed by atoms with Gasteiger partial charge >= 0.3 is 0 Å². The van der Waals surface area contributed by atoms with E-state index in [1.165, 1.54) is 0 Å². The van der Waals surface area contributed by atoms with E-state index in [1.807, 2.05) is 54.3 Å². The van der Waals surface area contributed by atoms with Crippen LogP contribution in [0.1, 0.15) is 31.4 Å². The van der Waals surface area contributed by atoms with E-state index in [2.05, 4.69) is 0 Å². The minimum Gasteiger partial charge on any atom is -0.493 e. The molecule has 2 aromatic rings. The number of carbonyl (C=O) groups excluding carboxylic acids is 1. The number of amides is 1. The van der Waals surface area contributed by atoms with Crippen LogP contribution in [0.3, 0.4) is 0 Å². The number of hydrogen-bond acceptors (Lipinski definition) is 4. The molecule has 0 saturated carbocycles. The Balaban J connectivity index is 1.75. The molecule has 0 bridgehead atoms. The van der Waals surface area contributed by atoms with Gasteiger partial charge in [0.2, 0.25) is 5.91 Å². The highest BCUT2D eigenvalue weighted by molar-refractivity contribution is 8.00. The second-order valence-electron chi connectivity index (χ2n) is 6.52. The molecule has 1 amide bonds. The van der Waals surface area contributed by atoms with Crippen LogP contribution in [0, 0.1) is 0 Å². The maximum atomic E-state index is 13.1. The number of rotatable bonds is 6. The summed E-state index contributed by atoms with van der Waals surface area (Å²) in [7, 11) is 3.25. The third kappa shape index (κ3) is 4.53. The lowest BCUT2D eigenvalue weighted by Crippen LogP contribution is -2.36. The van der Waals surface area contributed by atoms with Gasteiger partial charge in [0.05, 0.1) is 25.5 Å². The summed E-state index contributed by atoms with van der Waals surface area (Å²) in [6.07, 6.45) is 1.96. The lowest BCUT2D eigenvalue weighted by Gasteiger charge is -2.28. The first-order valence-corrected chi connectivity index (χ1v) is 10.2. The van der Waals surface area contributed by atoms with Crippen LogP contribution in [-0.4, -0.2) is 36.8 Å². The van der Waals surface area contributed by atoms with Gasteiger partial charge in [-0.2, -0.15) is 0 Å². The number of thioether (sulfide) groups is 1. The molecule has 1 fully saturated rings. The Hall–Kier alpha value is -1.85. The van der Waals surface area contributed by atoms with E-state index >= 15 is 0 Å². The van der Waals surface area contributed by atoms with E-state index in [0.717, 1.165) is 29.8 Å². The normalized spacial score (nSPS) is 17.6. The van der Waals surface area contributed by atoms with Crippen LogP contribution in [-0.2, 0) is 4.79 Å². The van der Waals surface area contributed by atoms with Crippen molar-refractivity contribution in [2.45, 2.75) is 36.0 Å². The van der Waals surface area contributed by atoms with Gasteiger partial charge in [0, 0.05) is 16.5 Å². The monoisotopic (exact) mass is 405 g/mol. The van der Waals surface area contributed by atoms with Gasteiger partial charge in [0.1, 0.15) is 0 Å². The summed E-state index contributed by atoms with van der Waals surface area (Å²) in [4.78, 5) is 16.1. The zero-order valence-electron chi connectivity index (χ0n) is 15.8. The van der Waals surface area contributed by atoms with E-state index in [-0.39, 0.29) is 17.2 Å². The van der Waals surface area contributed by atoms with Crippen molar-refractivity contribution >= 4 is 29.3 Å². The van der Waals surface area contributed by atoms with Crippen LogP contribution in [0.25, 0.3) is 0 Å². The van der Waals surface area contributed by atoms with Gasteiger partial charge in [-0.15, -0.1) is 11.8 Å². The van der Waals surface area contributed by atoms with E-state index in [4.69, 9.17) is 21.1 Å². The standard InChI is InChI=1S/C21H24ClNO3S/c1-14(27-17-9-7-16(22)8-10-17)21(24)23-12-4-5-18(23)15-6-11-19(25-2)20(13-15)26-3/h6-11,13-14,18H,4-5,12H2,1-3H3/t14-,18-/m1/s1. The number of ether oxygens (including phenoxy) is 2. The zero-order valence-corrected chi connectivity index (χ0v) is 17.3. The average molecular weight is 406 g/mol. The molecule has 1 heterocycles. The topological polar surface area (TPSA) is 38.8 Å². The summed E-state index contributed by atoms with van der Waals surface area (Å²) >= 11 is 7.51. The average Bonchev–Trinajstić information content (AvgIpc) is 3.18. The molecule has 0 spiro atoms. The molecule has 0 aliphatic carbocycles. The number of halogens is 1. The number of nitrogens with zero attached hydrogens (tertiary/aromatic N) is 1. The third-order valence-electron chi connectivity index (χ3n) is 4.80. The molecule has 6 heteroatoms. The minimum absolute atomic E-state index is 0.0746. The third-order valence-corrected chi connectivity index (χ3v) is 6.15. The molecule has 0 unspecified atom stereocenters. The molecule has 0 aromatic heterocycles. The molecule has 1 saturated heterocycles. The second-order valence-corrected chi connectivity index (χ2v) is 8.37. The Kier molecular flexibility index (Phi) is 6.55. The summed E-state index contributed by atoms with van der Waals surface area (Å²) in [6.45, 7) is 2.74. The van der Waals surface area contributed by atoms with Gasteiger partial charge in [0.25, 0.3) is 0 Å². The Bertz CT molecular complexity index is 797. The van der Waals surface area contributed by atoms with Gasteiger partial charge in [0.15, 0.2) is 11.5 Å². The first kappa shape index (κ1) is 19.9. The Morgan fingerprint density at radius 2 is 1.85 bits per heavy atom. The smallest absolute Gasteiger partial charge is 0.236 e. The molecule has 0 N–H and O–H groups in total. The fourth-order valence-electron chi connectivity index (χ4n) is 3.44. The number of methoxy groups -OCH3 is 2. The number of carbonyl (C=O) groups is 1. The summed E-state index contributed by atoms with van der Waals surface area (Å²) in [5.41, 5.74) is 1.09. The van der Waals surface area contributed by atoms with Crippen LogP contribution in [0.5, 0.6) is 11.5 Å². The van der Waals surface area contributed by atoms with Crippen molar-refractivity contribution in [3.05, 3.63) is 53.1 Å². The lowest BCUT2D eigenvalue weighted by molar-refractivity contribution is -0.131. The van der Waals surface area contributed by atoms with Crippen LogP contribution >= 0.6 is 23.4 Å². The zero-order chi connectivity index (χ0) is 19.4.